The van der Waals surface area contributed by atoms with E-state index in [1.165, 1.54) is 17.7 Å². The van der Waals surface area contributed by atoms with Crippen LogP contribution in [0.15, 0.2) is 53.7 Å². The highest BCUT2D eigenvalue weighted by atomic mass is 19.1. The summed E-state index contributed by atoms with van der Waals surface area (Å²) in [5.41, 5.74) is 3.61. The van der Waals surface area contributed by atoms with Crippen molar-refractivity contribution in [3.05, 3.63) is 65.5 Å². The molecule has 1 N–H and O–H groups in total. The Balaban J connectivity index is 1.31. The number of halogens is 1. The Morgan fingerprint density at radius 2 is 1.70 bits per heavy atom. The third kappa shape index (κ3) is 4.40. The normalized spacial score (nSPS) is 23.7. The lowest BCUT2D eigenvalue weighted by atomic mass is 9.76. The van der Waals surface area contributed by atoms with Crippen LogP contribution in [-0.2, 0) is 15.0 Å². The molecule has 2 aromatic carbocycles. The van der Waals surface area contributed by atoms with E-state index in [2.05, 4.69) is 43.4 Å². The third-order valence-electron chi connectivity index (χ3n) is 6.30. The number of rotatable bonds is 3. The molecule has 0 aromatic heterocycles. The fraction of sp³-hybridized carbons (Fsp3) is 0.440. The van der Waals surface area contributed by atoms with Gasteiger partial charge in [0.05, 0.1) is 5.71 Å². The maximum absolute atomic E-state index is 13.2. The van der Waals surface area contributed by atoms with E-state index < -0.39 is 0 Å². The first-order chi connectivity index (χ1) is 14.2. The standard InChI is InChI=1S/C25H29FN2O2/c1-24(2,3)19-6-10-21(11-7-19)27-23(29)18-12-14-25(15-13-18)16-22(28-30-25)17-4-8-20(26)9-5-17/h4-11,18H,12-16H2,1-3H3,(H,27,29). The zero-order valence-corrected chi connectivity index (χ0v) is 17.9. The maximum Gasteiger partial charge on any atom is 0.227 e. The Hall–Kier alpha value is -2.69. The molecule has 158 valence electrons. The molecule has 1 aliphatic heterocycles. The average Bonchev–Trinajstić information content (AvgIpc) is 3.12. The highest BCUT2D eigenvalue weighted by Gasteiger charge is 2.44. The SMILES string of the molecule is CC(C)(C)c1ccc(NC(=O)C2CCC3(CC2)CC(c2ccc(F)cc2)=NO3)cc1. The van der Waals surface area contributed by atoms with Gasteiger partial charge in [-0.25, -0.2) is 4.39 Å². The molecule has 1 heterocycles. The summed E-state index contributed by atoms with van der Waals surface area (Å²) in [6.45, 7) is 6.53. The third-order valence-corrected chi connectivity index (χ3v) is 6.30. The lowest BCUT2D eigenvalue weighted by Gasteiger charge is -2.34. The summed E-state index contributed by atoms with van der Waals surface area (Å²) in [5, 5.41) is 7.34. The van der Waals surface area contributed by atoms with Crippen LogP contribution in [0, 0.1) is 11.7 Å². The molecule has 4 rings (SSSR count). The van der Waals surface area contributed by atoms with Gasteiger partial charge in [-0.05, 0) is 66.5 Å². The van der Waals surface area contributed by atoms with Crippen molar-refractivity contribution < 1.29 is 14.0 Å². The van der Waals surface area contributed by atoms with Crippen LogP contribution in [0.25, 0.3) is 0 Å². The average molecular weight is 409 g/mol. The van der Waals surface area contributed by atoms with Crippen molar-refractivity contribution in [3.63, 3.8) is 0 Å². The van der Waals surface area contributed by atoms with Crippen molar-refractivity contribution in [3.8, 4) is 0 Å². The predicted molar refractivity (Wildman–Crippen MR) is 117 cm³/mol. The van der Waals surface area contributed by atoms with Crippen LogP contribution in [0.5, 0.6) is 0 Å². The summed E-state index contributed by atoms with van der Waals surface area (Å²) in [7, 11) is 0. The molecule has 0 saturated heterocycles. The van der Waals surface area contributed by atoms with Crippen molar-refractivity contribution >= 4 is 17.3 Å². The Morgan fingerprint density at radius 3 is 2.30 bits per heavy atom. The van der Waals surface area contributed by atoms with E-state index in [4.69, 9.17) is 4.84 Å². The van der Waals surface area contributed by atoms with Gasteiger partial charge < -0.3 is 10.2 Å². The molecule has 4 nitrogen and oxygen atoms in total. The lowest BCUT2D eigenvalue weighted by Crippen LogP contribution is -2.37. The zero-order chi connectivity index (χ0) is 21.4. The van der Waals surface area contributed by atoms with E-state index in [1.807, 2.05) is 12.1 Å². The molecule has 0 unspecified atom stereocenters. The van der Waals surface area contributed by atoms with Gasteiger partial charge in [0.2, 0.25) is 5.91 Å². The van der Waals surface area contributed by atoms with Crippen LogP contribution in [0.3, 0.4) is 0 Å². The number of benzene rings is 2. The minimum absolute atomic E-state index is 0.0172. The second-order valence-corrected chi connectivity index (χ2v) is 9.59. The van der Waals surface area contributed by atoms with Crippen LogP contribution in [0.1, 0.15) is 64.0 Å². The van der Waals surface area contributed by atoms with Crippen LogP contribution >= 0.6 is 0 Å². The summed E-state index contributed by atoms with van der Waals surface area (Å²) < 4.78 is 13.2. The maximum atomic E-state index is 13.2. The Kier molecular flexibility index (Phi) is 5.39. The topological polar surface area (TPSA) is 50.7 Å². The number of carbonyl (C=O) groups excluding carboxylic acids is 1. The van der Waals surface area contributed by atoms with Crippen LogP contribution in [0.2, 0.25) is 0 Å². The smallest absolute Gasteiger partial charge is 0.227 e. The molecule has 1 spiro atoms. The number of amides is 1. The second-order valence-electron chi connectivity index (χ2n) is 9.59. The first kappa shape index (κ1) is 20.6. The van der Waals surface area contributed by atoms with Gasteiger partial charge in [0.25, 0.3) is 0 Å². The summed E-state index contributed by atoms with van der Waals surface area (Å²) in [4.78, 5) is 18.6. The molecule has 0 bridgehead atoms. The molecule has 1 amide bonds. The Morgan fingerprint density at radius 1 is 1.07 bits per heavy atom. The Labute approximate surface area is 177 Å². The van der Waals surface area contributed by atoms with Gasteiger partial charge in [-0.2, -0.15) is 0 Å². The molecule has 2 aromatic rings. The molecule has 0 radical (unpaired) electrons. The predicted octanol–water partition coefficient (Wildman–Crippen LogP) is 5.82. The van der Waals surface area contributed by atoms with Gasteiger partial charge in [-0.1, -0.05) is 50.2 Å². The molecular formula is C25H29FN2O2. The molecule has 1 aliphatic carbocycles. The van der Waals surface area contributed by atoms with E-state index in [0.29, 0.717) is 6.42 Å². The van der Waals surface area contributed by atoms with E-state index in [1.54, 1.807) is 12.1 Å². The van der Waals surface area contributed by atoms with E-state index >= 15 is 0 Å². The lowest BCUT2D eigenvalue weighted by molar-refractivity contribution is -0.123. The fourth-order valence-electron chi connectivity index (χ4n) is 4.29. The molecule has 0 atom stereocenters. The van der Waals surface area contributed by atoms with Gasteiger partial charge in [0.15, 0.2) is 0 Å². The van der Waals surface area contributed by atoms with Gasteiger partial charge >= 0.3 is 0 Å². The highest BCUT2D eigenvalue weighted by molar-refractivity contribution is 6.01. The minimum Gasteiger partial charge on any atom is -0.389 e. The van der Waals surface area contributed by atoms with Crippen molar-refractivity contribution in [1.82, 2.24) is 0 Å². The molecule has 30 heavy (non-hydrogen) atoms. The molecule has 2 aliphatic rings. The summed E-state index contributed by atoms with van der Waals surface area (Å²) in [6.07, 6.45) is 3.85. The first-order valence-corrected chi connectivity index (χ1v) is 10.7. The first-order valence-electron chi connectivity index (χ1n) is 10.7. The molecular weight excluding hydrogens is 379 g/mol. The fourth-order valence-corrected chi connectivity index (χ4v) is 4.29. The summed E-state index contributed by atoms with van der Waals surface area (Å²) in [6, 6.07) is 14.5. The van der Waals surface area contributed by atoms with Crippen LogP contribution in [0.4, 0.5) is 10.1 Å². The van der Waals surface area contributed by atoms with Crippen molar-refractivity contribution in [2.75, 3.05) is 5.32 Å². The van der Waals surface area contributed by atoms with Crippen molar-refractivity contribution in [2.45, 2.75) is 63.9 Å². The minimum atomic E-state index is -0.325. The molecule has 1 saturated carbocycles. The highest BCUT2D eigenvalue weighted by Crippen LogP contribution is 2.42. The van der Waals surface area contributed by atoms with Crippen LogP contribution < -0.4 is 5.32 Å². The number of hydrogen-bond donors (Lipinski definition) is 1. The van der Waals surface area contributed by atoms with E-state index in [9.17, 15) is 9.18 Å². The van der Waals surface area contributed by atoms with E-state index in [0.717, 1.165) is 42.6 Å². The number of nitrogens with zero attached hydrogens (tertiary/aromatic N) is 1. The Bertz CT molecular complexity index is 935. The number of carbonyl (C=O) groups is 1. The number of oxime groups is 1. The van der Waals surface area contributed by atoms with Gasteiger partial charge in [0.1, 0.15) is 11.4 Å². The van der Waals surface area contributed by atoms with Gasteiger partial charge in [-0.3, -0.25) is 4.79 Å². The summed E-state index contributed by atoms with van der Waals surface area (Å²) >= 11 is 0. The number of anilines is 1. The van der Waals surface area contributed by atoms with E-state index in [-0.39, 0.29) is 28.7 Å². The quantitative estimate of drug-likeness (QED) is 0.696. The largest absolute Gasteiger partial charge is 0.389 e. The second kappa shape index (κ2) is 7.86. The van der Waals surface area contributed by atoms with Crippen molar-refractivity contribution in [2.24, 2.45) is 11.1 Å². The molecule has 5 heteroatoms. The monoisotopic (exact) mass is 408 g/mol. The van der Waals surface area contributed by atoms with Gasteiger partial charge in [-0.15, -0.1) is 0 Å². The number of nitrogens with one attached hydrogen (secondary N) is 1. The zero-order valence-electron chi connectivity index (χ0n) is 17.9. The van der Waals surface area contributed by atoms with Crippen molar-refractivity contribution in [1.29, 1.82) is 0 Å². The number of hydrogen-bond acceptors (Lipinski definition) is 3. The van der Waals surface area contributed by atoms with Crippen LogP contribution in [-0.4, -0.2) is 17.2 Å². The summed E-state index contributed by atoms with van der Waals surface area (Å²) in [5.74, 6) is -0.199. The van der Waals surface area contributed by atoms with Gasteiger partial charge in [0, 0.05) is 18.0 Å². The molecule has 1 fully saturated rings.